The van der Waals surface area contributed by atoms with Crippen LogP contribution in [0.2, 0.25) is 0 Å². The van der Waals surface area contributed by atoms with Gasteiger partial charge < -0.3 is 9.72 Å². The highest BCUT2D eigenvalue weighted by Gasteiger charge is 2.35. The van der Waals surface area contributed by atoms with Crippen LogP contribution in [0.25, 0.3) is 10.9 Å². The van der Waals surface area contributed by atoms with Gasteiger partial charge in [-0.1, -0.05) is 51.0 Å². The summed E-state index contributed by atoms with van der Waals surface area (Å²) in [6.07, 6.45) is 7.31. The van der Waals surface area contributed by atoms with E-state index in [1.54, 1.807) is 13.2 Å². The first-order valence-electron chi connectivity index (χ1n) is 10.1. The Bertz CT molecular complexity index is 1060. The number of benzene rings is 2. The van der Waals surface area contributed by atoms with Gasteiger partial charge in [-0.3, -0.25) is 4.72 Å². The summed E-state index contributed by atoms with van der Waals surface area (Å²) < 4.78 is 31.6. The molecule has 2 N–H and O–H groups in total. The number of fused-ring (bicyclic) bond motifs is 1. The smallest absolute Gasteiger partial charge is 0.229 e. The molecule has 3 aromatic rings. The largest absolute Gasteiger partial charge is 0.497 e. The molecule has 29 heavy (non-hydrogen) atoms. The molecule has 0 atom stereocenters. The monoisotopic (exact) mass is 414 g/mol. The molecule has 0 radical (unpaired) electrons. The maximum Gasteiger partial charge on any atom is 0.229 e. The standard InChI is InChI=1S/C23H30N2O3S/c1-5-14-23(15-6-2,17-10-12-18(28-3)13-11-17)20-16-24-22-19(20)8-7-9-21(22)25-29(4,26)27/h7-13,16,24-25H,5-6,14-15H2,1-4H3. The molecule has 0 fully saturated rings. The van der Waals surface area contributed by atoms with E-state index in [9.17, 15) is 8.42 Å². The Morgan fingerprint density at radius 2 is 1.69 bits per heavy atom. The third-order valence-corrected chi connectivity index (χ3v) is 6.11. The highest BCUT2D eigenvalue weighted by molar-refractivity contribution is 7.92. The number of para-hydroxylation sites is 1. The van der Waals surface area contributed by atoms with E-state index in [0.29, 0.717) is 5.69 Å². The Kier molecular flexibility index (Phi) is 6.22. The molecule has 0 saturated carbocycles. The Balaban J connectivity index is 2.22. The molecule has 0 aliphatic heterocycles. The van der Waals surface area contributed by atoms with Gasteiger partial charge in [0.05, 0.1) is 24.6 Å². The van der Waals surface area contributed by atoms with Gasteiger partial charge in [0.25, 0.3) is 0 Å². The molecule has 6 heteroatoms. The van der Waals surface area contributed by atoms with Gasteiger partial charge in [-0.05, 0) is 42.2 Å². The van der Waals surface area contributed by atoms with E-state index in [0.717, 1.165) is 42.3 Å². The first kappa shape index (κ1) is 21.2. The van der Waals surface area contributed by atoms with Crippen molar-refractivity contribution in [2.75, 3.05) is 18.1 Å². The molecule has 1 heterocycles. The van der Waals surface area contributed by atoms with Crippen LogP contribution in [0.15, 0.2) is 48.7 Å². The average Bonchev–Trinajstić information content (AvgIpc) is 3.12. The lowest BCUT2D eigenvalue weighted by Crippen LogP contribution is -2.27. The van der Waals surface area contributed by atoms with Crippen LogP contribution in [0.1, 0.15) is 50.7 Å². The molecule has 0 bridgehead atoms. The van der Waals surface area contributed by atoms with Gasteiger partial charge in [0.1, 0.15) is 5.75 Å². The van der Waals surface area contributed by atoms with Crippen LogP contribution in [0.4, 0.5) is 5.69 Å². The van der Waals surface area contributed by atoms with Crippen molar-refractivity contribution < 1.29 is 13.2 Å². The predicted molar refractivity (Wildman–Crippen MR) is 120 cm³/mol. The number of H-pyrrole nitrogens is 1. The van der Waals surface area contributed by atoms with Crippen LogP contribution in [0.3, 0.4) is 0 Å². The third-order valence-electron chi connectivity index (χ3n) is 5.52. The van der Waals surface area contributed by atoms with Gasteiger partial charge in [0.15, 0.2) is 0 Å². The van der Waals surface area contributed by atoms with Crippen molar-refractivity contribution in [2.45, 2.75) is 44.9 Å². The van der Waals surface area contributed by atoms with E-state index in [4.69, 9.17) is 4.74 Å². The molecule has 0 unspecified atom stereocenters. The fraction of sp³-hybridized carbons (Fsp3) is 0.391. The number of aromatic nitrogens is 1. The van der Waals surface area contributed by atoms with Crippen molar-refractivity contribution in [1.29, 1.82) is 0 Å². The molecule has 0 spiro atoms. The fourth-order valence-corrected chi connectivity index (χ4v) is 5.01. The lowest BCUT2D eigenvalue weighted by Gasteiger charge is -2.35. The number of hydrogen-bond donors (Lipinski definition) is 2. The van der Waals surface area contributed by atoms with E-state index in [1.165, 1.54) is 17.4 Å². The lowest BCUT2D eigenvalue weighted by molar-refractivity contribution is 0.410. The summed E-state index contributed by atoms with van der Waals surface area (Å²) in [4.78, 5) is 3.34. The zero-order chi connectivity index (χ0) is 21.1. The molecule has 0 saturated heterocycles. The summed E-state index contributed by atoms with van der Waals surface area (Å²) >= 11 is 0. The van der Waals surface area contributed by atoms with Crippen molar-refractivity contribution in [3.05, 3.63) is 59.8 Å². The van der Waals surface area contributed by atoms with Crippen LogP contribution in [0, 0.1) is 0 Å². The average molecular weight is 415 g/mol. The van der Waals surface area contributed by atoms with E-state index >= 15 is 0 Å². The second kappa shape index (κ2) is 8.49. The van der Waals surface area contributed by atoms with Crippen LogP contribution in [-0.4, -0.2) is 26.8 Å². The second-order valence-corrected chi connectivity index (χ2v) is 9.36. The number of hydrogen-bond acceptors (Lipinski definition) is 3. The Hall–Kier alpha value is -2.47. The summed E-state index contributed by atoms with van der Waals surface area (Å²) in [5.74, 6) is 0.842. The number of anilines is 1. The van der Waals surface area contributed by atoms with Crippen LogP contribution in [0.5, 0.6) is 5.75 Å². The number of aromatic amines is 1. The van der Waals surface area contributed by atoms with E-state index < -0.39 is 10.0 Å². The molecule has 5 nitrogen and oxygen atoms in total. The quantitative estimate of drug-likeness (QED) is 0.490. The highest BCUT2D eigenvalue weighted by Crippen LogP contribution is 2.45. The zero-order valence-electron chi connectivity index (χ0n) is 17.6. The molecule has 0 aliphatic rings. The van der Waals surface area contributed by atoms with E-state index in [-0.39, 0.29) is 5.41 Å². The first-order chi connectivity index (χ1) is 13.8. The van der Waals surface area contributed by atoms with E-state index in [2.05, 4.69) is 41.8 Å². The molecular weight excluding hydrogens is 384 g/mol. The molecular formula is C23H30N2O3S. The van der Waals surface area contributed by atoms with Crippen LogP contribution < -0.4 is 9.46 Å². The van der Waals surface area contributed by atoms with Crippen LogP contribution in [-0.2, 0) is 15.4 Å². The Morgan fingerprint density at radius 1 is 1.03 bits per heavy atom. The van der Waals surface area contributed by atoms with Crippen molar-refractivity contribution in [3.8, 4) is 5.75 Å². The predicted octanol–water partition coefficient (Wildman–Crippen LogP) is 5.43. The molecule has 2 aromatic carbocycles. The van der Waals surface area contributed by atoms with Crippen LogP contribution >= 0.6 is 0 Å². The fourth-order valence-electron chi connectivity index (χ4n) is 4.44. The Morgan fingerprint density at radius 3 is 2.24 bits per heavy atom. The normalized spacial score (nSPS) is 12.3. The van der Waals surface area contributed by atoms with Gasteiger partial charge in [0.2, 0.25) is 10.0 Å². The minimum absolute atomic E-state index is 0.155. The highest BCUT2D eigenvalue weighted by atomic mass is 32.2. The maximum atomic E-state index is 11.8. The number of nitrogens with one attached hydrogen (secondary N) is 2. The lowest BCUT2D eigenvalue weighted by atomic mass is 9.68. The number of rotatable bonds is 9. The molecule has 156 valence electrons. The topological polar surface area (TPSA) is 71.2 Å². The molecule has 1 aromatic heterocycles. The van der Waals surface area contributed by atoms with Crippen molar-refractivity contribution in [1.82, 2.24) is 4.98 Å². The van der Waals surface area contributed by atoms with Gasteiger partial charge in [-0.15, -0.1) is 0 Å². The summed E-state index contributed by atoms with van der Waals surface area (Å²) in [5.41, 5.74) is 3.70. The third kappa shape index (κ3) is 4.27. The second-order valence-electron chi connectivity index (χ2n) is 7.62. The van der Waals surface area contributed by atoms with Gasteiger partial charge in [-0.2, -0.15) is 0 Å². The molecule has 0 aliphatic carbocycles. The first-order valence-corrected chi connectivity index (χ1v) is 12.0. The number of sulfonamides is 1. The van der Waals surface area contributed by atoms with Crippen molar-refractivity contribution >= 4 is 26.6 Å². The van der Waals surface area contributed by atoms with E-state index in [1.807, 2.05) is 24.4 Å². The van der Waals surface area contributed by atoms with Crippen molar-refractivity contribution in [3.63, 3.8) is 0 Å². The van der Waals surface area contributed by atoms with Gasteiger partial charge in [0, 0.05) is 17.0 Å². The molecule has 3 rings (SSSR count). The summed E-state index contributed by atoms with van der Waals surface area (Å²) in [6.45, 7) is 4.42. The summed E-state index contributed by atoms with van der Waals surface area (Å²) in [6, 6.07) is 14.1. The Labute approximate surface area is 173 Å². The van der Waals surface area contributed by atoms with Crippen molar-refractivity contribution in [2.24, 2.45) is 0 Å². The summed E-state index contributed by atoms with van der Waals surface area (Å²) in [7, 11) is -1.68. The minimum atomic E-state index is -3.36. The SMILES string of the molecule is CCCC(CCC)(c1ccc(OC)cc1)c1c[nH]c2c(NS(C)(=O)=O)cccc12. The minimum Gasteiger partial charge on any atom is -0.497 e. The summed E-state index contributed by atoms with van der Waals surface area (Å²) in [5, 5.41) is 1.05. The maximum absolute atomic E-state index is 11.8. The van der Waals surface area contributed by atoms with Gasteiger partial charge >= 0.3 is 0 Å². The zero-order valence-corrected chi connectivity index (χ0v) is 18.4. The molecule has 0 amide bonds. The number of ether oxygens (including phenoxy) is 1. The van der Waals surface area contributed by atoms with Gasteiger partial charge in [-0.25, -0.2) is 8.42 Å². The number of methoxy groups -OCH3 is 1.